The van der Waals surface area contributed by atoms with Gasteiger partial charge in [0.1, 0.15) is 0 Å². The van der Waals surface area contributed by atoms with E-state index in [1.54, 1.807) is 0 Å². The topological polar surface area (TPSA) is 23.6 Å². The maximum atomic E-state index is 12.3. The van der Waals surface area contributed by atoms with E-state index in [0.717, 1.165) is 48.7 Å². The van der Waals surface area contributed by atoms with Gasteiger partial charge in [-0.2, -0.15) is 0 Å². The predicted octanol–water partition coefficient (Wildman–Crippen LogP) is 3.18. The van der Waals surface area contributed by atoms with Crippen LogP contribution < -0.4 is 0 Å². The Bertz CT molecular complexity index is 450. The van der Waals surface area contributed by atoms with Crippen molar-refractivity contribution in [1.29, 1.82) is 0 Å². The molecule has 0 atom stereocenters. The van der Waals surface area contributed by atoms with Gasteiger partial charge in [0, 0.05) is 30.7 Å². The molecule has 0 aromatic heterocycles. The SMILES string of the molecule is CC(C)CCN1CCN(C(=O)Cc2ccc(Br)cc2)CC1. The van der Waals surface area contributed by atoms with E-state index in [1.807, 2.05) is 29.2 Å². The Balaban J connectivity index is 1.76. The zero-order chi connectivity index (χ0) is 15.2. The number of carbonyl (C=O) groups is 1. The Morgan fingerprint density at radius 3 is 2.33 bits per heavy atom. The van der Waals surface area contributed by atoms with Gasteiger partial charge in [-0.05, 0) is 36.6 Å². The van der Waals surface area contributed by atoms with Crippen molar-refractivity contribution in [3.05, 3.63) is 34.3 Å². The standard InChI is InChI=1S/C17H25BrN2O/c1-14(2)7-8-19-9-11-20(12-10-19)17(21)13-15-3-5-16(18)6-4-15/h3-6,14H,7-13H2,1-2H3. The van der Waals surface area contributed by atoms with Crippen LogP contribution in [0.4, 0.5) is 0 Å². The van der Waals surface area contributed by atoms with Crippen molar-refractivity contribution in [3.63, 3.8) is 0 Å². The second-order valence-electron chi connectivity index (χ2n) is 6.21. The van der Waals surface area contributed by atoms with Gasteiger partial charge >= 0.3 is 0 Å². The summed E-state index contributed by atoms with van der Waals surface area (Å²) in [5.41, 5.74) is 1.09. The van der Waals surface area contributed by atoms with E-state index < -0.39 is 0 Å². The van der Waals surface area contributed by atoms with Crippen LogP contribution in [-0.2, 0) is 11.2 Å². The molecule has 3 nitrogen and oxygen atoms in total. The molecule has 2 rings (SSSR count). The summed E-state index contributed by atoms with van der Waals surface area (Å²) in [5, 5.41) is 0. The number of amides is 1. The summed E-state index contributed by atoms with van der Waals surface area (Å²) >= 11 is 3.42. The molecule has 21 heavy (non-hydrogen) atoms. The van der Waals surface area contributed by atoms with Crippen molar-refractivity contribution in [2.45, 2.75) is 26.7 Å². The van der Waals surface area contributed by atoms with E-state index in [0.29, 0.717) is 6.42 Å². The molecule has 1 amide bonds. The molecule has 0 aliphatic carbocycles. The number of carbonyl (C=O) groups excluding carboxylic acids is 1. The maximum Gasteiger partial charge on any atom is 0.227 e. The first-order valence-electron chi connectivity index (χ1n) is 7.79. The fourth-order valence-corrected chi connectivity index (χ4v) is 2.81. The summed E-state index contributed by atoms with van der Waals surface area (Å²) < 4.78 is 1.05. The number of nitrogens with zero attached hydrogens (tertiary/aromatic N) is 2. The molecule has 0 unspecified atom stereocenters. The minimum atomic E-state index is 0.251. The molecule has 1 aromatic carbocycles. The zero-order valence-electron chi connectivity index (χ0n) is 13.0. The summed E-state index contributed by atoms with van der Waals surface area (Å²) in [6, 6.07) is 8.01. The van der Waals surface area contributed by atoms with Crippen molar-refractivity contribution in [1.82, 2.24) is 9.80 Å². The molecule has 4 heteroatoms. The fourth-order valence-electron chi connectivity index (χ4n) is 2.55. The Kier molecular flexibility index (Phi) is 6.24. The molecule has 1 fully saturated rings. The second kappa shape index (κ2) is 7.95. The van der Waals surface area contributed by atoms with Gasteiger partial charge in [-0.1, -0.05) is 41.9 Å². The molecule has 0 bridgehead atoms. The number of hydrogen-bond donors (Lipinski definition) is 0. The number of halogens is 1. The molecule has 0 N–H and O–H groups in total. The van der Waals surface area contributed by atoms with Gasteiger partial charge in [-0.25, -0.2) is 0 Å². The Morgan fingerprint density at radius 2 is 1.76 bits per heavy atom. The fraction of sp³-hybridized carbons (Fsp3) is 0.588. The van der Waals surface area contributed by atoms with Crippen molar-refractivity contribution >= 4 is 21.8 Å². The summed E-state index contributed by atoms with van der Waals surface area (Å²) in [6.45, 7) is 9.45. The summed E-state index contributed by atoms with van der Waals surface area (Å²) in [6.07, 6.45) is 1.76. The van der Waals surface area contributed by atoms with Crippen LogP contribution in [-0.4, -0.2) is 48.4 Å². The van der Waals surface area contributed by atoms with Crippen molar-refractivity contribution in [2.75, 3.05) is 32.7 Å². The average molecular weight is 353 g/mol. The third-order valence-electron chi connectivity index (χ3n) is 4.02. The van der Waals surface area contributed by atoms with Crippen LogP contribution in [0.25, 0.3) is 0 Å². The number of rotatable bonds is 5. The Hall–Kier alpha value is -0.870. The maximum absolute atomic E-state index is 12.3. The first-order chi connectivity index (χ1) is 10.0. The minimum Gasteiger partial charge on any atom is -0.340 e. The molecule has 0 spiro atoms. The lowest BCUT2D eigenvalue weighted by atomic mass is 10.1. The van der Waals surface area contributed by atoms with Gasteiger partial charge in [0.2, 0.25) is 5.91 Å². The molecule has 1 aromatic rings. The van der Waals surface area contributed by atoms with Crippen LogP contribution in [0.3, 0.4) is 0 Å². The molecule has 116 valence electrons. The normalized spacial score (nSPS) is 16.5. The second-order valence-corrected chi connectivity index (χ2v) is 7.12. The van der Waals surface area contributed by atoms with Crippen LogP contribution in [0.15, 0.2) is 28.7 Å². The van der Waals surface area contributed by atoms with Crippen LogP contribution in [0.2, 0.25) is 0 Å². The van der Waals surface area contributed by atoms with Crippen LogP contribution >= 0.6 is 15.9 Å². The summed E-state index contributed by atoms with van der Waals surface area (Å²) in [4.78, 5) is 16.8. The van der Waals surface area contributed by atoms with Gasteiger partial charge in [-0.15, -0.1) is 0 Å². The third-order valence-corrected chi connectivity index (χ3v) is 4.54. The van der Waals surface area contributed by atoms with Crippen LogP contribution in [0, 0.1) is 5.92 Å². The first-order valence-corrected chi connectivity index (χ1v) is 8.58. The molecule has 0 radical (unpaired) electrons. The van der Waals surface area contributed by atoms with Crippen LogP contribution in [0.1, 0.15) is 25.8 Å². The van der Waals surface area contributed by atoms with E-state index in [1.165, 1.54) is 6.42 Å². The zero-order valence-corrected chi connectivity index (χ0v) is 14.6. The lowest BCUT2D eigenvalue weighted by Crippen LogP contribution is -2.49. The lowest BCUT2D eigenvalue weighted by Gasteiger charge is -2.35. The molecular weight excluding hydrogens is 328 g/mol. The largest absolute Gasteiger partial charge is 0.340 e. The predicted molar refractivity (Wildman–Crippen MR) is 90.3 cm³/mol. The molecule has 1 aliphatic heterocycles. The van der Waals surface area contributed by atoms with E-state index in [2.05, 4.69) is 34.7 Å². The summed E-state index contributed by atoms with van der Waals surface area (Å²) in [5.74, 6) is 1.00. The minimum absolute atomic E-state index is 0.251. The highest BCUT2D eigenvalue weighted by Gasteiger charge is 2.20. The number of hydrogen-bond acceptors (Lipinski definition) is 2. The van der Waals surface area contributed by atoms with Crippen LogP contribution in [0.5, 0.6) is 0 Å². The molecule has 0 saturated carbocycles. The van der Waals surface area contributed by atoms with Gasteiger partial charge in [0.15, 0.2) is 0 Å². The van der Waals surface area contributed by atoms with Gasteiger partial charge < -0.3 is 4.90 Å². The van der Waals surface area contributed by atoms with E-state index in [-0.39, 0.29) is 5.91 Å². The monoisotopic (exact) mass is 352 g/mol. The molecular formula is C17H25BrN2O. The van der Waals surface area contributed by atoms with Crippen molar-refractivity contribution < 1.29 is 4.79 Å². The Labute approximate surface area is 136 Å². The number of benzene rings is 1. The van der Waals surface area contributed by atoms with E-state index >= 15 is 0 Å². The number of piperazine rings is 1. The van der Waals surface area contributed by atoms with E-state index in [4.69, 9.17) is 0 Å². The average Bonchev–Trinajstić information content (AvgIpc) is 2.48. The first kappa shape index (κ1) is 16.5. The van der Waals surface area contributed by atoms with Gasteiger partial charge in [0.05, 0.1) is 6.42 Å². The molecule has 1 aliphatic rings. The quantitative estimate of drug-likeness (QED) is 0.812. The van der Waals surface area contributed by atoms with Crippen molar-refractivity contribution in [2.24, 2.45) is 5.92 Å². The van der Waals surface area contributed by atoms with E-state index in [9.17, 15) is 4.79 Å². The lowest BCUT2D eigenvalue weighted by molar-refractivity contribution is -0.132. The third kappa shape index (κ3) is 5.44. The van der Waals surface area contributed by atoms with Gasteiger partial charge in [0.25, 0.3) is 0 Å². The highest BCUT2D eigenvalue weighted by molar-refractivity contribution is 9.10. The summed E-state index contributed by atoms with van der Waals surface area (Å²) in [7, 11) is 0. The van der Waals surface area contributed by atoms with Gasteiger partial charge in [-0.3, -0.25) is 9.69 Å². The highest BCUT2D eigenvalue weighted by Crippen LogP contribution is 2.13. The Morgan fingerprint density at radius 1 is 1.14 bits per heavy atom. The van der Waals surface area contributed by atoms with Crippen molar-refractivity contribution in [3.8, 4) is 0 Å². The molecule has 1 saturated heterocycles. The smallest absolute Gasteiger partial charge is 0.227 e. The highest BCUT2D eigenvalue weighted by atomic mass is 79.9. The molecule has 1 heterocycles.